The molecule has 0 bridgehead atoms. The van der Waals surface area contributed by atoms with Crippen LogP contribution in [-0.2, 0) is 6.42 Å². The summed E-state index contributed by atoms with van der Waals surface area (Å²) < 4.78 is 12.7. The molecule has 1 unspecified atom stereocenters. The van der Waals surface area contributed by atoms with Crippen LogP contribution in [0.2, 0.25) is 0 Å². The van der Waals surface area contributed by atoms with Crippen LogP contribution < -0.4 is 14.8 Å². The molecule has 1 atom stereocenters. The Kier molecular flexibility index (Phi) is 5.73. The summed E-state index contributed by atoms with van der Waals surface area (Å²) in [5.74, 6) is 2.03. The average Bonchev–Trinajstić information content (AvgIpc) is 3.54. The average molecular weight is 406 g/mol. The van der Waals surface area contributed by atoms with E-state index in [2.05, 4.69) is 60.8 Å². The van der Waals surface area contributed by atoms with Crippen LogP contribution in [-0.4, -0.2) is 17.7 Å². The Labute approximate surface area is 181 Å². The monoisotopic (exact) mass is 405 g/mol. The van der Waals surface area contributed by atoms with Crippen molar-refractivity contribution in [1.29, 1.82) is 0 Å². The van der Waals surface area contributed by atoms with Crippen molar-refractivity contribution < 1.29 is 9.47 Å². The fourth-order valence-corrected chi connectivity index (χ4v) is 5.39. The van der Waals surface area contributed by atoms with Gasteiger partial charge in [0, 0.05) is 11.6 Å². The molecule has 0 amide bonds. The summed E-state index contributed by atoms with van der Waals surface area (Å²) in [5, 5.41) is 3.98. The minimum atomic E-state index is 0.163. The van der Waals surface area contributed by atoms with Gasteiger partial charge in [0.05, 0.1) is 6.10 Å². The Balaban J connectivity index is 1.14. The van der Waals surface area contributed by atoms with Crippen LogP contribution in [0.1, 0.15) is 81.9 Å². The van der Waals surface area contributed by atoms with Gasteiger partial charge < -0.3 is 14.8 Å². The van der Waals surface area contributed by atoms with Gasteiger partial charge in [0.25, 0.3) is 0 Å². The third-order valence-electron chi connectivity index (χ3n) is 7.22. The highest BCUT2D eigenvalue weighted by Crippen LogP contribution is 2.41. The van der Waals surface area contributed by atoms with Crippen molar-refractivity contribution in [2.75, 3.05) is 0 Å². The topological polar surface area (TPSA) is 30.5 Å². The lowest BCUT2D eigenvalue weighted by Crippen LogP contribution is -2.43. The first-order chi connectivity index (χ1) is 14.7. The first kappa shape index (κ1) is 19.9. The van der Waals surface area contributed by atoms with Gasteiger partial charge in [-0.2, -0.15) is 0 Å². The van der Waals surface area contributed by atoms with Gasteiger partial charge in [-0.3, -0.25) is 0 Å². The number of ether oxygens (including phenoxy) is 2. The minimum Gasteiger partial charge on any atom is -0.490 e. The molecule has 0 spiro atoms. The maximum absolute atomic E-state index is 6.39. The highest BCUT2D eigenvalue weighted by atomic mass is 16.5. The Bertz CT molecular complexity index is 837. The number of fused-ring (bicyclic) bond motifs is 1. The first-order valence-electron chi connectivity index (χ1n) is 12.0. The van der Waals surface area contributed by atoms with E-state index in [-0.39, 0.29) is 6.10 Å². The van der Waals surface area contributed by atoms with Crippen molar-refractivity contribution in [3.63, 3.8) is 0 Å². The molecule has 2 aromatic carbocycles. The van der Waals surface area contributed by atoms with Crippen LogP contribution in [0.25, 0.3) is 0 Å². The van der Waals surface area contributed by atoms with E-state index >= 15 is 0 Å². The van der Waals surface area contributed by atoms with E-state index in [1.165, 1.54) is 49.7 Å². The van der Waals surface area contributed by atoms with E-state index in [4.69, 9.17) is 9.47 Å². The van der Waals surface area contributed by atoms with Crippen molar-refractivity contribution >= 4 is 0 Å². The van der Waals surface area contributed by atoms with Crippen molar-refractivity contribution in [3.05, 3.63) is 59.7 Å². The van der Waals surface area contributed by atoms with Crippen LogP contribution in [0.15, 0.2) is 48.5 Å². The molecule has 2 aromatic rings. The Morgan fingerprint density at radius 3 is 2.53 bits per heavy atom. The van der Waals surface area contributed by atoms with Crippen LogP contribution in [0.4, 0.5) is 0 Å². The molecule has 0 aromatic heterocycles. The second-order valence-electron chi connectivity index (χ2n) is 9.59. The molecule has 160 valence electrons. The molecule has 0 radical (unpaired) electrons. The van der Waals surface area contributed by atoms with Gasteiger partial charge in [0.1, 0.15) is 17.6 Å². The maximum Gasteiger partial charge on any atom is 0.124 e. The lowest BCUT2D eigenvalue weighted by Gasteiger charge is -2.33. The van der Waals surface area contributed by atoms with Crippen LogP contribution in [0, 0.1) is 0 Å². The molecule has 3 aliphatic rings. The van der Waals surface area contributed by atoms with E-state index in [9.17, 15) is 0 Å². The van der Waals surface area contributed by atoms with Gasteiger partial charge in [0.15, 0.2) is 0 Å². The Morgan fingerprint density at radius 1 is 1.00 bits per heavy atom. The summed E-state index contributed by atoms with van der Waals surface area (Å²) in [5.41, 5.74) is 3.04. The molecule has 3 nitrogen and oxygen atoms in total. The predicted molar refractivity (Wildman–Crippen MR) is 121 cm³/mol. The zero-order chi connectivity index (χ0) is 20.4. The van der Waals surface area contributed by atoms with E-state index in [1.807, 2.05) is 0 Å². The van der Waals surface area contributed by atoms with Crippen molar-refractivity contribution in [2.24, 2.45) is 0 Å². The van der Waals surface area contributed by atoms with Gasteiger partial charge in [-0.05, 0) is 87.1 Å². The number of nitrogens with one attached hydrogen (secondary N) is 1. The number of hydrogen-bond donors (Lipinski definition) is 1. The minimum absolute atomic E-state index is 0.163. The number of rotatable bonds is 7. The Morgan fingerprint density at radius 2 is 1.80 bits per heavy atom. The van der Waals surface area contributed by atoms with Crippen LogP contribution in [0.3, 0.4) is 0 Å². The van der Waals surface area contributed by atoms with Gasteiger partial charge in [-0.25, -0.2) is 0 Å². The number of hydrogen-bond acceptors (Lipinski definition) is 3. The molecule has 1 N–H and O–H groups in total. The lowest BCUT2D eigenvalue weighted by atomic mass is 9.91. The van der Waals surface area contributed by atoms with Crippen molar-refractivity contribution in [1.82, 2.24) is 5.32 Å². The molecule has 1 aliphatic heterocycles. The SMILES string of the molecule is CCCC1(NC2CCC(Oc3ccc4c(c3)CCC(c3ccccc3)O4)CC2)CC1. The summed E-state index contributed by atoms with van der Waals surface area (Å²) in [6, 6.07) is 17.6. The van der Waals surface area contributed by atoms with Gasteiger partial charge in [-0.1, -0.05) is 43.7 Å². The predicted octanol–water partition coefficient (Wildman–Crippen LogP) is 6.37. The summed E-state index contributed by atoms with van der Waals surface area (Å²) >= 11 is 0. The zero-order valence-electron chi connectivity index (χ0n) is 18.2. The van der Waals surface area contributed by atoms with Gasteiger partial charge >= 0.3 is 0 Å². The Hall–Kier alpha value is -2.00. The lowest BCUT2D eigenvalue weighted by molar-refractivity contribution is 0.133. The fourth-order valence-electron chi connectivity index (χ4n) is 5.39. The summed E-state index contributed by atoms with van der Waals surface area (Å²) in [6.45, 7) is 2.30. The summed E-state index contributed by atoms with van der Waals surface area (Å²) in [7, 11) is 0. The fraction of sp³-hybridized carbons (Fsp3) is 0.556. The maximum atomic E-state index is 6.39. The molecule has 2 saturated carbocycles. The normalized spacial score (nSPS) is 27.0. The van der Waals surface area contributed by atoms with E-state index < -0.39 is 0 Å². The number of aryl methyl sites for hydroxylation is 1. The standard InChI is InChI=1S/C27H35NO2/c1-2-16-27(17-18-27)28-22-9-11-23(12-10-22)29-24-13-15-26-21(19-24)8-14-25(30-26)20-6-4-3-5-7-20/h3-7,13,15,19,22-23,25,28H,2,8-12,14,16-18H2,1H3. The van der Waals surface area contributed by atoms with Crippen molar-refractivity contribution in [2.45, 2.75) is 94.9 Å². The summed E-state index contributed by atoms with van der Waals surface area (Å²) in [4.78, 5) is 0. The first-order valence-corrected chi connectivity index (χ1v) is 12.0. The molecule has 2 fully saturated rings. The summed E-state index contributed by atoms with van der Waals surface area (Å²) in [6.07, 6.45) is 12.8. The van der Waals surface area contributed by atoms with E-state index in [0.717, 1.165) is 37.2 Å². The third-order valence-corrected chi connectivity index (χ3v) is 7.22. The molecular weight excluding hydrogens is 370 g/mol. The molecule has 30 heavy (non-hydrogen) atoms. The molecule has 2 aliphatic carbocycles. The highest BCUT2D eigenvalue weighted by molar-refractivity contribution is 5.42. The number of benzene rings is 2. The van der Waals surface area contributed by atoms with E-state index in [1.54, 1.807) is 0 Å². The molecule has 3 heteroatoms. The molecule has 0 saturated heterocycles. The molecule has 5 rings (SSSR count). The second-order valence-corrected chi connectivity index (χ2v) is 9.59. The quantitative estimate of drug-likeness (QED) is 0.581. The van der Waals surface area contributed by atoms with Crippen LogP contribution in [0.5, 0.6) is 11.5 Å². The van der Waals surface area contributed by atoms with Gasteiger partial charge in [-0.15, -0.1) is 0 Å². The van der Waals surface area contributed by atoms with Crippen LogP contribution >= 0.6 is 0 Å². The smallest absolute Gasteiger partial charge is 0.124 e. The largest absolute Gasteiger partial charge is 0.490 e. The molecule has 1 heterocycles. The van der Waals surface area contributed by atoms with E-state index in [0.29, 0.717) is 17.7 Å². The molecular formula is C27H35NO2. The third kappa shape index (κ3) is 4.51. The highest BCUT2D eigenvalue weighted by Gasteiger charge is 2.43. The zero-order valence-corrected chi connectivity index (χ0v) is 18.2. The van der Waals surface area contributed by atoms with Crippen molar-refractivity contribution in [3.8, 4) is 11.5 Å². The second kappa shape index (κ2) is 8.63. The van der Waals surface area contributed by atoms with Gasteiger partial charge in [0.2, 0.25) is 0 Å².